The van der Waals surface area contributed by atoms with Crippen molar-refractivity contribution < 1.29 is 28.8 Å². The second-order valence-corrected chi connectivity index (χ2v) is 4.01. The highest BCUT2D eigenvalue weighted by Gasteiger charge is 2.29. The van der Waals surface area contributed by atoms with Crippen LogP contribution in [0.3, 0.4) is 0 Å². The fourth-order valence-corrected chi connectivity index (χ4v) is 1.33. The van der Waals surface area contributed by atoms with E-state index in [2.05, 4.69) is 0 Å². The molecule has 1 aliphatic heterocycles. The molecule has 6 heteroatoms. The van der Waals surface area contributed by atoms with Gasteiger partial charge in [-0.3, -0.25) is 0 Å². The van der Waals surface area contributed by atoms with E-state index in [0.717, 1.165) is 6.61 Å². The minimum atomic E-state index is 0.0490. The maximum atomic E-state index is 8.46. The molecule has 0 spiro atoms. The number of rotatable bonds is 13. The summed E-state index contributed by atoms with van der Waals surface area (Å²) in [7, 11) is 0. The van der Waals surface area contributed by atoms with Crippen molar-refractivity contribution in [2.24, 2.45) is 0 Å². The molecule has 0 bridgehead atoms. The van der Waals surface area contributed by atoms with Crippen LogP contribution in [-0.4, -0.2) is 76.8 Å². The van der Waals surface area contributed by atoms with E-state index in [4.69, 9.17) is 28.8 Å². The first kappa shape index (κ1) is 15.8. The SMILES string of the molecule is CC(OCCOCCOCCOCCO)C1CO1. The van der Waals surface area contributed by atoms with E-state index in [1.807, 2.05) is 6.92 Å². The van der Waals surface area contributed by atoms with Gasteiger partial charge in [-0.2, -0.15) is 0 Å². The summed E-state index contributed by atoms with van der Waals surface area (Å²) in [5.74, 6) is 0. The van der Waals surface area contributed by atoms with Crippen molar-refractivity contribution in [3.63, 3.8) is 0 Å². The standard InChI is InChI=1S/C12H24O6/c1-11(12-10-18-12)17-9-8-16-7-6-15-5-4-14-3-2-13/h11-13H,2-10H2,1H3. The number of aliphatic hydroxyl groups is 1. The number of epoxide rings is 1. The van der Waals surface area contributed by atoms with Gasteiger partial charge in [0.2, 0.25) is 0 Å². The summed E-state index contributed by atoms with van der Waals surface area (Å²) in [6.07, 6.45) is 0.445. The fraction of sp³-hybridized carbons (Fsp3) is 1.00. The Kier molecular flexibility index (Phi) is 9.37. The van der Waals surface area contributed by atoms with Crippen molar-refractivity contribution in [3.8, 4) is 0 Å². The summed E-state index contributed by atoms with van der Waals surface area (Å²) in [5, 5.41) is 8.46. The summed E-state index contributed by atoms with van der Waals surface area (Å²) < 4.78 is 26.2. The van der Waals surface area contributed by atoms with Gasteiger partial charge in [-0.25, -0.2) is 0 Å². The summed E-state index contributed by atoms with van der Waals surface area (Å²) in [4.78, 5) is 0. The first-order chi connectivity index (χ1) is 8.84. The van der Waals surface area contributed by atoms with Crippen molar-refractivity contribution in [2.75, 3.05) is 59.5 Å². The maximum Gasteiger partial charge on any atom is 0.107 e. The Balaban J connectivity index is 1.68. The van der Waals surface area contributed by atoms with Gasteiger partial charge in [-0.05, 0) is 6.92 Å². The average molecular weight is 264 g/mol. The topological polar surface area (TPSA) is 69.7 Å². The third-order valence-electron chi connectivity index (χ3n) is 2.47. The van der Waals surface area contributed by atoms with Crippen LogP contribution in [0.5, 0.6) is 0 Å². The fourth-order valence-electron chi connectivity index (χ4n) is 1.33. The normalized spacial score (nSPS) is 20.0. The molecule has 18 heavy (non-hydrogen) atoms. The van der Waals surface area contributed by atoms with Crippen molar-refractivity contribution in [3.05, 3.63) is 0 Å². The minimum Gasteiger partial charge on any atom is -0.394 e. The second-order valence-electron chi connectivity index (χ2n) is 4.01. The Morgan fingerprint density at radius 2 is 1.50 bits per heavy atom. The lowest BCUT2D eigenvalue weighted by atomic mass is 10.3. The van der Waals surface area contributed by atoms with E-state index in [9.17, 15) is 0 Å². The van der Waals surface area contributed by atoms with Crippen molar-refractivity contribution in [1.29, 1.82) is 0 Å². The van der Waals surface area contributed by atoms with Crippen LogP contribution in [0.4, 0.5) is 0 Å². The molecule has 6 nitrogen and oxygen atoms in total. The zero-order valence-corrected chi connectivity index (χ0v) is 11.0. The molecule has 2 atom stereocenters. The van der Waals surface area contributed by atoms with E-state index >= 15 is 0 Å². The van der Waals surface area contributed by atoms with Crippen LogP contribution < -0.4 is 0 Å². The van der Waals surface area contributed by atoms with Gasteiger partial charge in [0.25, 0.3) is 0 Å². The smallest absolute Gasteiger partial charge is 0.107 e. The first-order valence-corrected chi connectivity index (χ1v) is 6.42. The van der Waals surface area contributed by atoms with E-state index in [-0.39, 0.29) is 18.8 Å². The summed E-state index contributed by atoms with van der Waals surface area (Å²) in [6, 6.07) is 0. The highest BCUT2D eigenvalue weighted by atomic mass is 16.6. The van der Waals surface area contributed by atoms with Crippen LogP contribution in [0.15, 0.2) is 0 Å². The maximum absolute atomic E-state index is 8.46. The molecule has 1 N–H and O–H groups in total. The molecule has 0 saturated carbocycles. The lowest BCUT2D eigenvalue weighted by Crippen LogP contribution is -2.19. The van der Waals surface area contributed by atoms with Crippen LogP contribution >= 0.6 is 0 Å². The lowest BCUT2D eigenvalue weighted by Gasteiger charge is -2.10. The van der Waals surface area contributed by atoms with E-state index < -0.39 is 0 Å². The molecular weight excluding hydrogens is 240 g/mol. The highest BCUT2D eigenvalue weighted by molar-refractivity contribution is 4.75. The van der Waals surface area contributed by atoms with E-state index in [1.54, 1.807) is 0 Å². The second kappa shape index (κ2) is 10.7. The van der Waals surface area contributed by atoms with Crippen LogP contribution in [0.25, 0.3) is 0 Å². The molecule has 0 aromatic carbocycles. The summed E-state index contributed by atoms with van der Waals surface area (Å²) in [5.41, 5.74) is 0. The van der Waals surface area contributed by atoms with Gasteiger partial charge in [-0.1, -0.05) is 0 Å². The Bertz CT molecular complexity index is 185. The third kappa shape index (κ3) is 8.79. The number of hydrogen-bond acceptors (Lipinski definition) is 6. The molecule has 0 radical (unpaired) electrons. The monoisotopic (exact) mass is 264 g/mol. The Labute approximate surface area is 108 Å². The zero-order chi connectivity index (χ0) is 13.1. The average Bonchev–Trinajstić information content (AvgIpc) is 3.20. The molecule has 1 saturated heterocycles. The van der Waals surface area contributed by atoms with Crippen LogP contribution in [0, 0.1) is 0 Å². The van der Waals surface area contributed by atoms with Crippen molar-refractivity contribution >= 4 is 0 Å². The predicted molar refractivity (Wildman–Crippen MR) is 64.7 cm³/mol. The quantitative estimate of drug-likeness (QED) is 0.368. The molecule has 0 aromatic heterocycles. The van der Waals surface area contributed by atoms with Gasteiger partial charge in [0, 0.05) is 0 Å². The number of ether oxygens (including phenoxy) is 5. The Hall–Kier alpha value is -0.240. The Morgan fingerprint density at radius 3 is 2.00 bits per heavy atom. The lowest BCUT2D eigenvalue weighted by molar-refractivity contribution is -0.0215. The molecule has 1 heterocycles. The Morgan fingerprint density at radius 1 is 1.00 bits per heavy atom. The van der Waals surface area contributed by atoms with Crippen LogP contribution in [-0.2, 0) is 23.7 Å². The van der Waals surface area contributed by atoms with E-state index in [1.165, 1.54) is 0 Å². The first-order valence-electron chi connectivity index (χ1n) is 6.42. The molecule has 108 valence electrons. The number of hydrogen-bond donors (Lipinski definition) is 1. The number of aliphatic hydroxyl groups excluding tert-OH is 1. The molecule has 1 rings (SSSR count). The van der Waals surface area contributed by atoms with Gasteiger partial charge < -0.3 is 28.8 Å². The van der Waals surface area contributed by atoms with Gasteiger partial charge in [-0.15, -0.1) is 0 Å². The molecular formula is C12H24O6. The van der Waals surface area contributed by atoms with Crippen LogP contribution in [0.2, 0.25) is 0 Å². The predicted octanol–water partition coefficient (Wildman–Crippen LogP) is -0.168. The summed E-state index contributed by atoms with van der Waals surface area (Å²) >= 11 is 0. The molecule has 1 fully saturated rings. The molecule has 2 unspecified atom stereocenters. The highest BCUT2D eigenvalue weighted by Crippen LogP contribution is 2.15. The molecule has 0 aliphatic carbocycles. The summed E-state index contributed by atoms with van der Waals surface area (Å²) in [6.45, 7) is 6.51. The van der Waals surface area contributed by atoms with Crippen molar-refractivity contribution in [1.82, 2.24) is 0 Å². The van der Waals surface area contributed by atoms with E-state index in [0.29, 0.717) is 46.2 Å². The largest absolute Gasteiger partial charge is 0.394 e. The van der Waals surface area contributed by atoms with Crippen molar-refractivity contribution in [2.45, 2.75) is 19.1 Å². The third-order valence-corrected chi connectivity index (χ3v) is 2.47. The van der Waals surface area contributed by atoms with Gasteiger partial charge in [0.15, 0.2) is 0 Å². The van der Waals surface area contributed by atoms with Crippen LogP contribution in [0.1, 0.15) is 6.92 Å². The van der Waals surface area contributed by atoms with Gasteiger partial charge in [0.05, 0.1) is 65.6 Å². The zero-order valence-electron chi connectivity index (χ0n) is 11.0. The molecule has 1 aliphatic rings. The van der Waals surface area contributed by atoms with Gasteiger partial charge in [0.1, 0.15) is 6.10 Å². The molecule has 0 amide bonds. The van der Waals surface area contributed by atoms with Gasteiger partial charge >= 0.3 is 0 Å². The minimum absolute atomic E-state index is 0.0490. The molecule has 0 aromatic rings.